The molecule has 0 spiro atoms. The van der Waals surface area contributed by atoms with E-state index >= 15 is 0 Å². The van der Waals surface area contributed by atoms with Crippen molar-refractivity contribution in [2.45, 2.75) is 6.54 Å². The molecule has 2 N–H and O–H groups in total. The summed E-state index contributed by atoms with van der Waals surface area (Å²) in [5, 5.41) is 2.31. The molecule has 0 unspecified atom stereocenters. The van der Waals surface area contributed by atoms with Crippen LogP contribution in [0.15, 0.2) is 46.9 Å². The van der Waals surface area contributed by atoms with E-state index in [0.29, 0.717) is 16.6 Å². The first kappa shape index (κ1) is 12.5. The number of benzene rings is 2. The van der Waals surface area contributed by atoms with Gasteiger partial charge < -0.3 is 10.2 Å². The number of furan rings is 1. The van der Waals surface area contributed by atoms with Crippen LogP contribution in [0.1, 0.15) is 5.56 Å². The van der Waals surface area contributed by atoms with Gasteiger partial charge in [0.25, 0.3) is 0 Å². The summed E-state index contributed by atoms with van der Waals surface area (Å²) in [6, 6.07) is 13.1. The van der Waals surface area contributed by atoms with Gasteiger partial charge in [-0.3, -0.25) is 0 Å². The van der Waals surface area contributed by atoms with Gasteiger partial charge in [-0.1, -0.05) is 29.3 Å². The average Bonchev–Trinajstić information content (AvgIpc) is 2.81. The Morgan fingerprint density at radius 1 is 0.947 bits per heavy atom. The van der Waals surface area contributed by atoms with Gasteiger partial charge in [0.1, 0.15) is 11.3 Å². The Kier molecular flexibility index (Phi) is 3.23. The van der Waals surface area contributed by atoms with Crippen molar-refractivity contribution < 1.29 is 4.42 Å². The van der Waals surface area contributed by atoms with Gasteiger partial charge in [-0.05, 0) is 42.0 Å². The third-order valence-corrected chi connectivity index (χ3v) is 3.51. The van der Waals surface area contributed by atoms with Gasteiger partial charge in [-0.25, -0.2) is 0 Å². The van der Waals surface area contributed by atoms with Gasteiger partial charge in [-0.2, -0.15) is 0 Å². The van der Waals surface area contributed by atoms with Crippen molar-refractivity contribution in [1.82, 2.24) is 0 Å². The standard InChI is InChI=1S/C15H11Cl2NO/c16-11-3-4-14-10(5-11)6-15(19-14)13-7-12(17)2-1-9(13)8-18/h1-7H,8,18H2. The highest BCUT2D eigenvalue weighted by molar-refractivity contribution is 6.31. The number of rotatable bonds is 2. The second-order valence-corrected chi connectivity index (χ2v) is 5.17. The van der Waals surface area contributed by atoms with E-state index in [1.54, 1.807) is 6.07 Å². The molecule has 2 nitrogen and oxygen atoms in total. The SMILES string of the molecule is NCc1ccc(Cl)cc1-c1cc2cc(Cl)ccc2o1. The molecule has 1 aromatic heterocycles. The lowest BCUT2D eigenvalue weighted by molar-refractivity contribution is 0.630. The predicted octanol–water partition coefficient (Wildman–Crippen LogP) is 4.87. The fourth-order valence-electron chi connectivity index (χ4n) is 2.10. The molecule has 2 aromatic carbocycles. The number of fused-ring (bicyclic) bond motifs is 1. The smallest absolute Gasteiger partial charge is 0.135 e. The van der Waals surface area contributed by atoms with E-state index in [4.69, 9.17) is 33.4 Å². The Bertz CT molecular complexity index is 749. The van der Waals surface area contributed by atoms with Gasteiger partial charge in [0.2, 0.25) is 0 Å². The van der Waals surface area contributed by atoms with E-state index in [1.165, 1.54) is 0 Å². The zero-order valence-electron chi connectivity index (χ0n) is 9.99. The Balaban J connectivity index is 2.21. The fraction of sp³-hybridized carbons (Fsp3) is 0.0667. The minimum atomic E-state index is 0.435. The molecule has 0 atom stereocenters. The highest BCUT2D eigenvalue weighted by Gasteiger charge is 2.11. The lowest BCUT2D eigenvalue weighted by Crippen LogP contribution is -1.98. The van der Waals surface area contributed by atoms with E-state index < -0.39 is 0 Å². The van der Waals surface area contributed by atoms with E-state index in [9.17, 15) is 0 Å². The topological polar surface area (TPSA) is 39.2 Å². The van der Waals surface area contributed by atoms with Crippen molar-refractivity contribution in [3.05, 3.63) is 58.1 Å². The molecule has 3 aromatic rings. The molecule has 0 fully saturated rings. The third-order valence-electron chi connectivity index (χ3n) is 3.04. The van der Waals surface area contributed by atoms with E-state index in [1.807, 2.05) is 36.4 Å². The maximum atomic E-state index is 6.04. The van der Waals surface area contributed by atoms with Crippen molar-refractivity contribution in [2.24, 2.45) is 5.73 Å². The van der Waals surface area contributed by atoms with Crippen molar-refractivity contribution in [3.8, 4) is 11.3 Å². The van der Waals surface area contributed by atoms with E-state index in [-0.39, 0.29) is 0 Å². The van der Waals surface area contributed by atoms with Crippen LogP contribution in [0.3, 0.4) is 0 Å². The Morgan fingerprint density at radius 2 is 1.68 bits per heavy atom. The fourth-order valence-corrected chi connectivity index (χ4v) is 2.46. The summed E-state index contributed by atoms with van der Waals surface area (Å²) in [6.45, 7) is 0.435. The minimum absolute atomic E-state index is 0.435. The monoisotopic (exact) mass is 291 g/mol. The van der Waals surface area contributed by atoms with Gasteiger partial charge in [0, 0.05) is 27.5 Å². The van der Waals surface area contributed by atoms with Crippen LogP contribution in [0.5, 0.6) is 0 Å². The minimum Gasteiger partial charge on any atom is -0.456 e. The van der Waals surface area contributed by atoms with Crippen LogP contribution in [0, 0.1) is 0 Å². The quantitative estimate of drug-likeness (QED) is 0.732. The second kappa shape index (κ2) is 4.89. The van der Waals surface area contributed by atoms with E-state index in [0.717, 1.165) is 27.9 Å². The Hall–Kier alpha value is -1.48. The van der Waals surface area contributed by atoms with Crippen LogP contribution >= 0.6 is 23.2 Å². The maximum absolute atomic E-state index is 6.04. The summed E-state index contributed by atoms with van der Waals surface area (Å²) < 4.78 is 5.83. The summed E-state index contributed by atoms with van der Waals surface area (Å²) in [5.41, 5.74) is 8.46. The molecule has 1 heterocycles. The zero-order valence-corrected chi connectivity index (χ0v) is 11.5. The highest BCUT2D eigenvalue weighted by Crippen LogP contribution is 2.32. The van der Waals surface area contributed by atoms with Crippen LogP contribution in [-0.2, 0) is 6.54 Å². The number of nitrogens with two attached hydrogens (primary N) is 1. The first-order valence-corrected chi connectivity index (χ1v) is 6.61. The van der Waals surface area contributed by atoms with Crippen LogP contribution < -0.4 is 5.73 Å². The first-order valence-electron chi connectivity index (χ1n) is 5.85. The van der Waals surface area contributed by atoms with Crippen molar-refractivity contribution in [2.75, 3.05) is 0 Å². The molecule has 19 heavy (non-hydrogen) atoms. The van der Waals surface area contributed by atoms with Gasteiger partial charge in [-0.15, -0.1) is 0 Å². The van der Waals surface area contributed by atoms with Crippen molar-refractivity contribution in [3.63, 3.8) is 0 Å². The lowest BCUT2D eigenvalue weighted by atomic mass is 10.1. The molecule has 0 aliphatic heterocycles. The van der Waals surface area contributed by atoms with Crippen LogP contribution in [0.25, 0.3) is 22.3 Å². The number of hydrogen-bond acceptors (Lipinski definition) is 2. The lowest BCUT2D eigenvalue weighted by Gasteiger charge is -2.05. The average molecular weight is 292 g/mol. The molecule has 96 valence electrons. The molecule has 3 rings (SSSR count). The molecular weight excluding hydrogens is 281 g/mol. The van der Waals surface area contributed by atoms with E-state index in [2.05, 4.69) is 0 Å². The largest absolute Gasteiger partial charge is 0.456 e. The normalized spacial score (nSPS) is 11.1. The molecule has 0 radical (unpaired) electrons. The molecule has 0 aliphatic carbocycles. The predicted molar refractivity (Wildman–Crippen MR) is 79.6 cm³/mol. The van der Waals surface area contributed by atoms with Gasteiger partial charge in [0.15, 0.2) is 0 Å². The van der Waals surface area contributed by atoms with Gasteiger partial charge in [0.05, 0.1) is 0 Å². The summed E-state index contributed by atoms with van der Waals surface area (Å²) >= 11 is 12.0. The molecule has 0 amide bonds. The van der Waals surface area contributed by atoms with Gasteiger partial charge >= 0.3 is 0 Å². The molecular formula is C15H11Cl2NO. The highest BCUT2D eigenvalue weighted by atomic mass is 35.5. The van der Waals surface area contributed by atoms with Crippen molar-refractivity contribution >= 4 is 34.2 Å². The summed E-state index contributed by atoms with van der Waals surface area (Å²) in [5.74, 6) is 0.750. The molecule has 0 saturated carbocycles. The molecule has 0 aliphatic rings. The zero-order chi connectivity index (χ0) is 13.4. The summed E-state index contributed by atoms with van der Waals surface area (Å²) in [6.07, 6.45) is 0. The molecule has 0 saturated heterocycles. The maximum Gasteiger partial charge on any atom is 0.135 e. The van der Waals surface area contributed by atoms with Crippen LogP contribution in [0.2, 0.25) is 10.0 Å². The number of hydrogen-bond donors (Lipinski definition) is 1. The third kappa shape index (κ3) is 2.35. The van der Waals surface area contributed by atoms with Crippen LogP contribution in [0.4, 0.5) is 0 Å². The Morgan fingerprint density at radius 3 is 2.47 bits per heavy atom. The molecule has 0 bridgehead atoms. The Labute approximate surface area is 120 Å². The molecule has 4 heteroatoms. The summed E-state index contributed by atoms with van der Waals surface area (Å²) in [7, 11) is 0. The first-order chi connectivity index (χ1) is 9.17. The van der Waals surface area contributed by atoms with Crippen LogP contribution in [-0.4, -0.2) is 0 Å². The van der Waals surface area contributed by atoms with Crippen molar-refractivity contribution in [1.29, 1.82) is 0 Å². The summed E-state index contributed by atoms with van der Waals surface area (Å²) in [4.78, 5) is 0. The number of halogens is 2. The second-order valence-electron chi connectivity index (χ2n) is 4.30.